The second-order valence-corrected chi connectivity index (χ2v) is 7.10. The van der Waals surface area contributed by atoms with E-state index in [0.29, 0.717) is 13.0 Å². The van der Waals surface area contributed by atoms with Gasteiger partial charge in [0.15, 0.2) is 0 Å². The van der Waals surface area contributed by atoms with Crippen LogP contribution in [-0.4, -0.2) is 13.7 Å². The molecule has 1 N–H and O–H groups in total. The summed E-state index contributed by atoms with van der Waals surface area (Å²) in [5.41, 5.74) is 0.343. The molecule has 0 aromatic heterocycles. The first-order chi connectivity index (χ1) is 13.3. The Morgan fingerprint density at radius 1 is 0.964 bits per heavy atom. The molecule has 0 radical (unpaired) electrons. The number of benzene rings is 3. The SMILES string of the molecule is COc1ccc2cc(C3CC(c4cc(C(F)(F)F)ccc4F)CN3)ccc2c1. The van der Waals surface area contributed by atoms with Crippen molar-refractivity contribution in [3.8, 4) is 5.75 Å². The third-order valence-corrected chi connectivity index (χ3v) is 5.37. The second kappa shape index (κ2) is 7.09. The number of hydrogen-bond donors (Lipinski definition) is 1. The minimum atomic E-state index is -4.48. The monoisotopic (exact) mass is 389 g/mol. The molecular formula is C22H19F4NO. The number of ether oxygens (including phenoxy) is 1. The quantitative estimate of drug-likeness (QED) is 0.570. The van der Waals surface area contributed by atoms with Crippen LogP contribution in [0.25, 0.3) is 10.8 Å². The highest BCUT2D eigenvalue weighted by atomic mass is 19.4. The molecular weight excluding hydrogens is 370 g/mol. The number of rotatable bonds is 3. The van der Waals surface area contributed by atoms with E-state index in [2.05, 4.69) is 11.4 Å². The highest BCUT2D eigenvalue weighted by Crippen LogP contribution is 2.38. The first-order valence-corrected chi connectivity index (χ1v) is 9.03. The van der Waals surface area contributed by atoms with Gasteiger partial charge in [0.1, 0.15) is 11.6 Å². The zero-order valence-corrected chi connectivity index (χ0v) is 15.2. The van der Waals surface area contributed by atoms with Crippen LogP contribution in [-0.2, 0) is 6.18 Å². The number of fused-ring (bicyclic) bond motifs is 1. The standard InChI is InChI=1S/C22H19F4NO/c1-28-18-6-4-13-8-15(3-2-14(13)9-18)21-10-16(12-27-21)19-11-17(22(24,25)26)5-7-20(19)23/h2-9,11,16,21,27H,10,12H2,1H3. The fourth-order valence-electron chi connectivity index (χ4n) is 3.85. The van der Waals surface area contributed by atoms with Gasteiger partial charge in [0.2, 0.25) is 0 Å². The zero-order valence-electron chi connectivity index (χ0n) is 15.2. The second-order valence-electron chi connectivity index (χ2n) is 7.10. The molecule has 0 amide bonds. The summed E-state index contributed by atoms with van der Waals surface area (Å²) in [7, 11) is 1.62. The van der Waals surface area contributed by atoms with Gasteiger partial charge in [-0.1, -0.05) is 18.2 Å². The summed E-state index contributed by atoms with van der Waals surface area (Å²) in [6.07, 6.45) is -3.94. The van der Waals surface area contributed by atoms with Crippen molar-refractivity contribution < 1.29 is 22.3 Å². The molecule has 1 fully saturated rings. The molecule has 3 aromatic carbocycles. The van der Waals surface area contributed by atoms with E-state index in [1.807, 2.05) is 30.3 Å². The lowest BCUT2D eigenvalue weighted by molar-refractivity contribution is -0.137. The largest absolute Gasteiger partial charge is 0.497 e. The summed E-state index contributed by atoms with van der Waals surface area (Å²) in [5, 5.41) is 5.41. The van der Waals surface area contributed by atoms with Crippen molar-refractivity contribution in [2.24, 2.45) is 0 Å². The van der Waals surface area contributed by atoms with E-state index in [-0.39, 0.29) is 17.5 Å². The molecule has 2 nitrogen and oxygen atoms in total. The fourth-order valence-corrected chi connectivity index (χ4v) is 3.85. The maximum Gasteiger partial charge on any atom is 0.416 e. The highest BCUT2D eigenvalue weighted by Gasteiger charge is 2.34. The first kappa shape index (κ1) is 18.7. The Kier molecular flexibility index (Phi) is 4.75. The number of halogens is 4. The topological polar surface area (TPSA) is 21.3 Å². The summed E-state index contributed by atoms with van der Waals surface area (Å²) < 4.78 is 58.4. The Bertz CT molecular complexity index is 1020. The van der Waals surface area contributed by atoms with Crippen molar-refractivity contribution in [2.75, 3.05) is 13.7 Å². The molecule has 1 aliphatic rings. The summed E-state index contributed by atoms with van der Waals surface area (Å²) in [6, 6.07) is 14.4. The lowest BCUT2D eigenvalue weighted by Crippen LogP contribution is -2.14. The van der Waals surface area contributed by atoms with Crippen LogP contribution in [0.1, 0.15) is 35.1 Å². The molecule has 2 unspecified atom stereocenters. The Balaban J connectivity index is 1.58. The zero-order chi connectivity index (χ0) is 19.9. The van der Waals surface area contributed by atoms with Crippen LogP contribution in [0.5, 0.6) is 5.75 Å². The minimum absolute atomic E-state index is 0.0366. The third kappa shape index (κ3) is 3.56. The maximum absolute atomic E-state index is 14.2. The molecule has 2 atom stereocenters. The Hall–Kier alpha value is -2.60. The van der Waals surface area contributed by atoms with E-state index in [0.717, 1.165) is 40.3 Å². The summed E-state index contributed by atoms with van der Waals surface area (Å²) in [4.78, 5) is 0. The van der Waals surface area contributed by atoms with Crippen molar-refractivity contribution in [3.05, 3.63) is 77.1 Å². The van der Waals surface area contributed by atoms with E-state index in [1.54, 1.807) is 7.11 Å². The molecule has 6 heteroatoms. The van der Waals surface area contributed by atoms with Gasteiger partial charge in [0, 0.05) is 18.5 Å². The number of hydrogen-bond acceptors (Lipinski definition) is 2. The first-order valence-electron chi connectivity index (χ1n) is 9.03. The molecule has 0 aliphatic carbocycles. The van der Waals surface area contributed by atoms with E-state index in [1.165, 1.54) is 0 Å². The van der Waals surface area contributed by atoms with Crippen LogP contribution >= 0.6 is 0 Å². The normalized spacial score (nSPS) is 19.9. The summed E-state index contributed by atoms with van der Waals surface area (Å²) in [5.74, 6) is -0.121. The highest BCUT2D eigenvalue weighted by molar-refractivity contribution is 5.84. The maximum atomic E-state index is 14.2. The number of methoxy groups -OCH3 is 1. The molecule has 1 saturated heterocycles. The van der Waals surface area contributed by atoms with Crippen LogP contribution in [0, 0.1) is 5.82 Å². The molecule has 0 bridgehead atoms. The van der Waals surface area contributed by atoms with Gasteiger partial charge in [-0.2, -0.15) is 13.2 Å². The van der Waals surface area contributed by atoms with Gasteiger partial charge in [0.25, 0.3) is 0 Å². The Labute approximate surface area is 160 Å². The van der Waals surface area contributed by atoms with Gasteiger partial charge >= 0.3 is 6.18 Å². The molecule has 28 heavy (non-hydrogen) atoms. The molecule has 3 aromatic rings. The van der Waals surface area contributed by atoms with Gasteiger partial charge in [-0.3, -0.25) is 0 Å². The number of nitrogens with one attached hydrogen (secondary N) is 1. The minimum Gasteiger partial charge on any atom is -0.497 e. The van der Waals surface area contributed by atoms with Crippen molar-refractivity contribution >= 4 is 10.8 Å². The van der Waals surface area contributed by atoms with Gasteiger partial charge in [0.05, 0.1) is 12.7 Å². The Morgan fingerprint density at radius 2 is 1.71 bits per heavy atom. The molecule has 1 heterocycles. The van der Waals surface area contributed by atoms with Crippen LogP contribution in [0.4, 0.5) is 17.6 Å². The molecule has 0 saturated carbocycles. The van der Waals surface area contributed by atoms with E-state index >= 15 is 0 Å². The average molecular weight is 389 g/mol. The van der Waals surface area contributed by atoms with Gasteiger partial charge in [-0.25, -0.2) is 4.39 Å². The van der Waals surface area contributed by atoms with Crippen molar-refractivity contribution in [3.63, 3.8) is 0 Å². The number of alkyl halides is 3. The predicted octanol–water partition coefficient (Wildman–Crippen LogP) is 5.82. The van der Waals surface area contributed by atoms with E-state index in [9.17, 15) is 17.6 Å². The van der Waals surface area contributed by atoms with Crippen molar-refractivity contribution in [1.29, 1.82) is 0 Å². The Morgan fingerprint density at radius 3 is 2.46 bits per heavy atom. The van der Waals surface area contributed by atoms with E-state index < -0.39 is 17.6 Å². The molecule has 1 aliphatic heterocycles. The molecule has 146 valence electrons. The van der Waals surface area contributed by atoms with Crippen molar-refractivity contribution in [2.45, 2.75) is 24.6 Å². The van der Waals surface area contributed by atoms with Crippen LogP contribution in [0.2, 0.25) is 0 Å². The van der Waals surface area contributed by atoms with Crippen LogP contribution in [0.3, 0.4) is 0 Å². The lowest BCUT2D eigenvalue weighted by Gasteiger charge is -2.15. The van der Waals surface area contributed by atoms with Gasteiger partial charge in [-0.15, -0.1) is 0 Å². The predicted molar refractivity (Wildman–Crippen MR) is 100 cm³/mol. The average Bonchev–Trinajstić information content (AvgIpc) is 3.16. The van der Waals surface area contributed by atoms with E-state index in [4.69, 9.17) is 4.74 Å². The molecule has 0 spiro atoms. The van der Waals surface area contributed by atoms with Crippen molar-refractivity contribution in [1.82, 2.24) is 5.32 Å². The van der Waals surface area contributed by atoms with Gasteiger partial charge in [-0.05, 0) is 64.7 Å². The smallest absolute Gasteiger partial charge is 0.416 e. The van der Waals surface area contributed by atoms with Crippen LogP contribution in [0.15, 0.2) is 54.6 Å². The van der Waals surface area contributed by atoms with Gasteiger partial charge < -0.3 is 10.1 Å². The lowest BCUT2D eigenvalue weighted by atomic mass is 9.91. The fraction of sp³-hybridized carbons (Fsp3) is 0.273. The summed E-state index contributed by atoms with van der Waals surface area (Å²) in [6.45, 7) is 0.434. The molecule has 4 rings (SSSR count). The van der Waals surface area contributed by atoms with Crippen LogP contribution < -0.4 is 10.1 Å². The third-order valence-electron chi connectivity index (χ3n) is 5.37. The summed E-state index contributed by atoms with van der Waals surface area (Å²) >= 11 is 0.